The number of nitrogens with two attached hydrogens (primary N) is 1. The third-order valence-electron chi connectivity index (χ3n) is 3.13. The Hall–Kier alpha value is -1.17. The maximum absolute atomic E-state index is 5.66. The Morgan fingerprint density at radius 1 is 1.53 bits per heavy atom. The number of hydrogen-bond acceptors (Lipinski definition) is 4. The lowest BCUT2D eigenvalue weighted by Crippen LogP contribution is -2.14. The van der Waals surface area contributed by atoms with E-state index in [1.807, 2.05) is 18.2 Å². The molecule has 1 heterocycles. The van der Waals surface area contributed by atoms with Crippen LogP contribution in [0.15, 0.2) is 18.2 Å². The Kier molecular flexibility index (Phi) is 5.13. The quantitative estimate of drug-likeness (QED) is 0.809. The van der Waals surface area contributed by atoms with Gasteiger partial charge in [0.05, 0.1) is 32.0 Å². The molecule has 1 aromatic carbocycles. The minimum Gasteiger partial charge on any atom is -0.496 e. The van der Waals surface area contributed by atoms with Gasteiger partial charge in [0.15, 0.2) is 0 Å². The average Bonchev–Trinajstić information content (AvgIpc) is 2.91. The molecule has 0 spiro atoms. The van der Waals surface area contributed by atoms with Crippen LogP contribution in [0, 0.1) is 0 Å². The van der Waals surface area contributed by atoms with Gasteiger partial charge in [0, 0.05) is 6.61 Å². The van der Waals surface area contributed by atoms with Crippen LogP contribution in [0.2, 0.25) is 0 Å². The van der Waals surface area contributed by atoms with Gasteiger partial charge in [-0.15, -0.1) is 0 Å². The molecule has 1 unspecified atom stereocenters. The molecule has 5 heteroatoms. The molecule has 1 aromatic rings. The number of methoxy groups -OCH3 is 1. The molecule has 1 fully saturated rings. The molecule has 0 saturated carbocycles. The zero-order chi connectivity index (χ0) is 13.7. The topological polar surface area (TPSA) is 53.7 Å². The van der Waals surface area contributed by atoms with Crippen molar-refractivity contribution in [3.63, 3.8) is 0 Å². The van der Waals surface area contributed by atoms with Crippen LogP contribution in [0.1, 0.15) is 24.0 Å². The van der Waals surface area contributed by atoms with E-state index in [-0.39, 0.29) is 6.10 Å². The van der Waals surface area contributed by atoms with Crippen LogP contribution < -0.4 is 10.5 Å². The Morgan fingerprint density at radius 3 is 3.00 bits per heavy atom. The maximum Gasteiger partial charge on any atom is 0.129 e. The highest BCUT2D eigenvalue weighted by Crippen LogP contribution is 2.21. The van der Waals surface area contributed by atoms with E-state index in [0.717, 1.165) is 30.6 Å². The fourth-order valence-corrected chi connectivity index (χ4v) is 2.28. The zero-order valence-corrected chi connectivity index (χ0v) is 11.9. The van der Waals surface area contributed by atoms with Crippen LogP contribution in [0.4, 0.5) is 0 Å². The van der Waals surface area contributed by atoms with Crippen molar-refractivity contribution < 1.29 is 14.2 Å². The van der Waals surface area contributed by atoms with E-state index in [1.54, 1.807) is 7.11 Å². The highest BCUT2D eigenvalue weighted by Gasteiger charge is 2.15. The van der Waals surface area contributed by atoms with Crippen molar-refractivity contribution in [3.8, 4) is 5.75 Å². The summed E-state index contributed by atoms with van der Waals surface area (Å²) in [5.74, 6) is 0.686. The molecule has 0 aliphatic carbocycles. The maximum atomic E-state index is 5.66. The van der Waals surface area contributed by atoms with Crippen LogP contribution >= 0.6 is 12.2 Å². The monoisotopic (exact) mass is 281 g/mol. The smallest absolute Gasteiger partial charge is 0.129 e. The number of hydrogen-bond donors (Lipinski definition) is 1. The van der Waals surface area contributed by atoms with Gasteiger partial charge in [-0.1, -0.05) is 18.3 Å². The summed E-state index contributed by atoms with van der Waals surface area (Å²) in [5, 5.41) is 0. The lowest BCUT2D eigenvalue weighted by atomic mass is 10.1. The predicted octanol–water partition coefficient (Wildman–Crippen LogP) is 2.02. The van der Waals surface area contributed by atoms with Crippen molar-refractivity contribution >= 4 is 17.2 Å². The van der Waals surface area contributed by atoms with Gasteiger partial charge in [-0.05, 0) is 30.5 Å². The second kappa shape index (κ2) is 6.84. The molecule has 2 N–H and O–H groups in total. The minimum atomic E-state index is 0.248. The van der Waals surface area contributed by atoms with Crippen molar-refractivity contribution in [1.29, 1.82) is 0 Å². The first-order chi connectivity index (χ1) is 9.20. The minimum absolute atomic E-state index is 0.248. The number of thiocarbonyl (C=S) groups is 1. The summed E-state index contributed by atoms with van der Waals surface area (Å²) in [4.78, 5) is 0.337. The second-order valence-electron chi connectivity index (χ2n) is 4.55. The zero-order valence-electron chi connectivity index (χ0n) is 11.1. The molecule has 0 amide bonds. The van der Waals surface area contributed by atoms with Gasteiger partial charge < -0.3 is 19.9 Å². The van der Waals surface area contributed by atoms with Crippen molar-refractivity contribution in [2.45, 2.75) is 25.6 Å². The average molecular weight is 281 g/mol. The number of rotatable bonds is 6. The highest BCUT2D eigenvalue weighted by atomic mass is 32.1. The molecular weight excluding hydrogens is 262 g/mol. The molecule has 0 radical (unpaired) electrons. The van der Waals surface area contributed by atoms with Gasteiger partial charge in [-0.2, -0.15) is 0 Å². The molecule has 2 rings (SSSR count). The molecule has 1 saturated heterocycles. The summed E-state index contributed by atoms with van der Waals surface area (Å²) < 4.78 is 16.4. The van der Waals surface area contributed by atoms with Crippen molar-refractivity contribution in [2.24, 2.45) is 5.73 Å². The van der Waals surface area contributed by atoms with E-state index >= 15 is 0 Å². The first-order valence-electron chi connectivity index (χ1n) is 6.36. The Bertz CT molecular complexity index is 444. The van der Waals surface area contributed by atoms with E-state index in [4.69, 9.17) is 32.2 Å². The molecule has 0 bridgehead atoms. The molecule has 1 aliphatic rings. The van der Waals surface area contributed by atoms with Crippen LogP contribution in [0.3, 0.4) is 0 Å². The van der Waals surface area contributed by atoms with Crippen LogP contribution in [0.25, 0.3) is 0 Å². The van der Waals surface area contributed by atoms with Gasteiger partial charge in [-0.25, -0.2) is 0 Å². The van der Waals surface area contributed by atoms with Gasteiger partial charge in [0.25, 0.3) is 0 Å². The summed E-state index contributed by atoms with van der Waals surface area (Å²) in [6.45, 7) is 2.03. The SMILES string of the molecule is COc1cc(COCC2CCCO2)ccc1C(N)=S. The van der Waals surface area contributed by atoms with E-state index in [2.05, 4.69) is 0 Å². The first kappa shape index (κ1) is 14.2. The molecule has 1 atom stereocenters. The molecule has 0 aromatic heterocycles. The Labute approximate surface area is 118 Å². The van der Waals surface area contributed by atoms with Gasteiger partial charge in [-0.3, -0.25) is 0 Å². The largest absolute Gasteiger partial charge is 0.496 e. The lowest BCUT2D eigenvalue weighted by molar-refractivity contribution is 0.0105. The van der Waals surface area contributed by atoms with Crippen molar-refractivity contribution in [1.82, 2.24) is 0 Å². The number of benzene rings is 1. The summed E-state index contributed by atoms with van der Waals surface area (Å²) >= 11 is 4.97. The fourth-order valence-electron chi connectivity index (χ4n) is 2.11. The van der Waals surface area contributed by atoms with Gasteiger partial charge in [0.1, 0.15) is 10.7 Å². The van der Waals surface area contributed by atoms with Crippen molar-refractivity contribution in [3.05, 3.63) is 29.3 Å². The van der Waals surface area contributed by atoms with Crippen molar-refractivity contribution in [2.75, 3.05) is 20.3 Å². The predicted molar refractivity (Wildman–Crippen MR) is 77.5 cm³/mol. The molecule has 104 valence electrons. The van der Waals surface area contributed by atoms with Gasteiger partial charge >= 0.3 is 0 Å². The summed E-state index contributed by atoms with van der Waals surface area (Å²) in [5.41, 5.74) is 7.41. The normalized spacial score (nSPS) is 18.5. The van der Waals surface area contributed by atoms with Crippen LogP contribution in [0.5, 0.6) is 5.75 Å². The van der Waals surface area contributed by atoms with E-state index in [0.29, 0.717) is 24.0 Å². The molecular formula is C14H19NO3S. The third-order valence-corrected chi connectivity index (χ3v) is 3.35. The third kappa shape index (κ3) is 3.89. The molecule has 1 aliphatic heterocycles. The van der Waals surface area contributed by atoms with E-state index < -0.39 is 0 Å². The summed E-state index contributed by atoms with van der Waals surface area (Å²) in [6, 6.07) is 5.72. The van der Waals surface area contributed by atoms with E-state index in [9.17, 15) is 0 Å². The van der Waals surface area contributed by atoms with Crippen LogP contribution in [-0.2, 0) is 16.1 Å². The molecule has 4 nitrogen and oxygen atoms in total. The highest BCUT2D eigenvalue weighted by molar-refractivity contribution is 7.80. The Morgan fingerprint density at radius 2 is 2.37 bits per heavy atom. The lowest BCUT2D eigenvalue weighted by Gasteiger charge is -2.12. The van der Waals surface area contributed by atoms with E-state index in [1.165, 1.54) is 0 Å². The number of ether oxygens (including phenoxy) is 3. The van der Waals surface area contributed by atoms with Gasteiger partial charge in [0.2, 0.25) is 0 Å². The summed E-state index contributed by atoms with van der Waals surface area (Å²) in [7, 11) is 1.61. The standard InChI is InChI=1S/C14H19NO3S/c1-16-13-7-10(4-5-12(13)14(15)19)8-17-9-11-3-2-6-18-11/h4-5,7,11H,2-3,6,8-9H2,1H3,(H2,15,19). The fraction of sp³-hybridized carbons (Fsp3) is 0.500. The Balaban J connectivity index is 1.91. The summed E-state index contributed by atoms with van der Waals surface area (Å²) in [6.07, 6.45) is 2.46. The molecule has 19 heavy (non-hydrogen) atoms. The second-order valence-corrected chi connectivity index (χ2v) is 4.99. The van der Waals surface area contributed by atoms with Crippen LogP contribution in [-0.4, -0.2) is 31.4 Å². The first-order valence-corrected chi connectivity index (χ1v) is 6.77.